The van der Waals surface area contributed by atoms with Gasteiger partial charge in [0, 0.05) is 18.8 Å². The molecule has 1 saturated heterocycles. The molecule has 146 valence electrons. The molecule has 2 aromatic carbocycles. The van der Waals surface area contributed by atoms with Crippen molar-refractivity contribution in [1.82, 2.24) is 20.3 Å². The minimum Gasteiger partial charge on any atom is -0.393 e. The zero-order chi connectivity index (χ0) is 19.3. The van der Waals surface area contributed by atoms with Crippen LogP contribution < -0.4 is 5.32 Å². The zero-order valence-electron chi connectivity index (χ0n) is 15.7. The SMILES string of the molecule is O=C(Nc1ccc2n[nH]nc2c1)N1CCC([C@@H](O)CCc2ccccc2)CC1. The number of urea groups is 1. The van der Waals surface area contributed by atoms with E-state index in [1.165, 1.54) is 5.56 Å². The van der Waals surface area contributed by atoms with Gasteiger partial charge in [0.1, 0.15) is 11.0 Å². The Labute approximate surface area is 163 Å². The smallest absolute Gasteiger partial charge is 0.321 e. The molecule has 0 unspecified atom stereocenters. The molecule has 3 N–H and O–H groups in total. The van der Waals surface area contributed by atoms with E-state index in [2.05, 4.69) is 32.9 Å². The molecule has 1 aromatic heterocycles. The topological polar surface area (TPSA) is 94.1 Å². The van der Waals surface area contributed by atoms with Gasteiger partial charge < -0.3 is 15.3 Å². The number of H-pyrrole nitrogens is 1. The van der Waals surface area contributed by atoms with Crippen molar-refractivity contribution in [3.63, 3.8) is 0 Å². The Kier molecular flexibility index (Phi) is 5.53. The van der Waals surface area contributed by atoms with Gasteiger partial charge in [-0.3, -0.25) is 0 Å². The van der Waals surface area contributed by atoms with Crippen molar-refractivity contribution in [2.24, 2.45) is 5.92 Å². The van der Waals surface area contributed by atoms with Gasteiger partial charge in [-0.1, -0.05) is 30.3 Å². The number of fused-ring (bicyclic) bond motifs is 1. The highest BCUT2D eigenvalue weighted by atomic mass is 16.3. The van der Waals surface area contributed by atoms with E-state index in [0.717, 1.165) is 36.7 Å². The number of aliphatic hydroxyl groups is 1. The molecule has 2 heterocycles. The number of anilines is 1. The molecule has 1 fully saturated rings. The van der Waals surface area contributed by atoms with Crippen LogP contribution in [0.15, 0.2) is 48.5 Å². The van der Waals surface area contributed by atoms with Crippen LogP contribution >= 0.6 is 0 Å². The van der Waals surface area contributed by atoms with E-state index in [1.807, 2.05) is 35.2 Å². The summed E-state index contributed by atoms with van der Waals surface area (Å²) in [7, 11) is 0. The fourth-order valence-electron chi connectivity index (χ4n) is 3.80. The zero-order valence-corrected chi connectivity index (χ0v) is 15.7. The number of aromatic amines is 1. The highest BCUT2D eigenvalue weighted by molar-refractivity contribution is 5.91. The van der Waals surface area contributed by atoms with E-state index in [4.69, 9.17) is 0 Å². The van der Waals surface area contributed by atoms with Crippen LogP contribution in [0.25, 0.3) is 11.0 Å². The average molecular weight is 379 g/mol. The number of aryl methyl sites for hydroxylation is 1. The third-order valence-electron chi connectivity index (χ3n) is 5.51. The van der Waals surface area contributed by atoms with Gasteiger partial charge in [0.05, 0.1) is 6.10 Å². The number of carbonyl (C=O) groups is 1. The quantitative estimate of drug-likeness (QED) is 0.634. The summed E-state index contributed by atoms with van der Waals surface area (Å²) < 4.78 is 0. The number of aliphatic hydroxyl groups excluding tert-OH is 1. The number of aromatic nitrogens is 3. The van der Waals surface area contributed by atoms with Gasteiger partial charge >= 0.3 is 6.03 Å². The Bertz CT molecular complexity index is 919. The molecule has 0 saturated carbocycles. The number of likely N-dealkylation sites (tertiary alicyclic amines) is 1. The second kappa shape index (κ2) is 8.39. The number of nitrogens with zero attached hydrogens (tertiary/aromatic N) is 3. The van der Waals surface area contributed by atoms with Crippen LogP contribution in [0.4, 0.5) is 10.5 Å². The predicted octanol–water partition coefficient (Wildman–Crippen LogP) is 3.20. The minimum absolute atomic E-state index is 0.111. The molecular weight excluding hydrogens is 354 g/mol. The van der Waals surface area contributed by atoms with Crippen LogP contribution in [0.2, 0.25) is 0 Å². The van der Waals surface area contributed by atoms with Gasteiger partial charge in [0.2, 0.25) is 0 Å². The first kappa shape index (κ1) is 18.4. The molecule has 1 aliphatic heterocycles. The van der Waals surface area contributed by atoms with E-state index in [0.29, 0.717) is 18.8 Å². The van der Waals surface area contributed by atoms with Crippen LogP contribution in [0.3, 0.4) is 0 Å². The third-order valence-corrected chi connectivity index (χ3v) is 5.51. The van der Waals surface area contributed by atoms with Gasteiger partial charge in [-0.2, -0.15) is 15.4 Å². The molecule has 0 aliphatic carbocycles. The summed E-state index contributed by atoms with van der Waals surface area (Å²) in [5.74, 6) is 0.249. The third kappa shape index (κ3) is 4.31. The van der Waals surface area contributed by atoms with Crippen LogP contribution in [0, 0.1) is 5.92 Å². The fourth-order valence-corrected chi connectivity index (χ4v) is 3.80. The number of hydrogen-bond donors (Lipinski definition) is 3. The molecule has 0 bridgehead atoms. The lowest BCUT2D eigenvalue weighted by atomic mass is 9.88. The Hall–Kier alpha value is -2.93. The van der Waals surface area contributed by atoms with E-state index in [9.17, 15) is 9.90 Å². The number of amides is 2. The molecule has 1 atom stereocenters. The Morgan fingerprint density at radius 1 is 1.14 bits per heavy atom. The maximum absolute atomic E-state index is 12.5. The van der Waals surface area contributed by atoms with Crippen molar-refractivity contribution in [3.05, 3.63) is 54.1 Å². The van der Waals surface area contributed by atoms with Gasteiger partial charge in [0.25, 0.3) is 0 Å². The van der Waals surface area contributed by atoms with Crippen molar-refractivity contribution in [2.75, 3.05) is 18.4 Å². The van der Waals surface area contributed by atoms with E-state index in [1.54, 1.807) is 6.07 Å². The number of piperidine rings is 1. The van der Waals surface area contributed by atoms with Crippen molar-refractivity contribution in [3.8, 4) is 0 Å². The minimum atomic E-state index is -0.319. The highest BCUT2D eigenvalue weighted by Crippen LogP contribution is 2.24. The second-order valence-electron chi connectivity index (χ2n) is 7.37. The normalized spacial score (nSPS) is 16.2. The Balaban J connectivity index is 1.25. The summed E-state index contributed by atoms with van der Waals surface area (Å²) in [4.78, 5) is 14.4. The molecule has 7 nitrogen and oxygen atoms in total. The summed E-state index contributed by atoms with van der Waals surface area (Å²) >= 11 is 0. The number of carbonyl (C=O) groups excluding carboxylic acids is 1. The van der Waals surface area contributed by atoms with Gasteiger partial charge in [-0.25, -0.2) is 4.79 Å². The predicted molar refractivity (Wildman–Crippen MR) is 108 cm³/mol. The largest absolute Gasteiger partial charge is 0.393 e. The summed E-state index contributed by atoms with van der Waals surface area (Å²) in [5.41, 5.74) is 3.44. The standard InChI is InChI=1S/C21H25N5O2/c27-20(9-6-15-4-2-1-3-5-15)16-10-12-26(13-11-16)21(28)22-17-7-8-18-19(14-17)24-25-23-18/h1-5,7-8,14,16,20,27H,6,9-13H2,(H,22,28)(H,23,24,25)/t20-/m0/s1. The first-order chi connectivity index (χ1) is 13.7. The van der Waals surface area contributed by atoms with E-state index in [-0.39, 0.29) is 18.1 Å². The van der Waals surface area contributed by atoms with Gasteiger partial charge in [-0.15, -0.1) is 0 Å². The second-order valence-corrected chi connectivity index (χ2v) is 7.37. The lowest BCUT2D eigenvalue weighted by Gasteiger charge is -2.34. The first-order valence-corrected chi connectivity index (χ1v) is 9.77. The monoisotopic (exact) mass is 379 g/mol. The average Bonchev–Trinajstić information content (AvgIpc) is 3.21. The fraction of sp³-hybridized carbons (Fsp3) is 0.381. The van der Waals surface area contributed by atoms with Crippen molar-refractivity contribution >= 4 is 22.8 Å². The lowest BCUT2D eigenvalue weighted by Crippen LogP contribution is -2.43. The van der Waals surface area contributed by atoms with Crippen LogP contribution in [-0.2, 0) is 6.42 Å². The molecule has 0 spiro atoms. The number of rotatable bonds is 5. The molecule has 28 heavy (non-hydrogen) atoms. The van der Waals surface area contributed by atoms with Crippen molar-refractivity contribution in [2.45, 2.75) is 31.8 Å². The lowest BCUT2D eigenvalue weighted by molar-refractivity contribution is 0.0626. The molecular formula is C21H25N5O2. The number of benzene rings is 2. The van der Waals surface area contributed by atoms with Gasteiger partial charge in [-0.05, 0) is 55.4 Å². The number of hydrogen-bond acceptors (Lipinski definition) is 4. The Morgan fingerprint density at radius 3 is 2.68 bits per heavy atom. The molecule has 1 aliphatic rings. The molecule has 7 heteroatoms. The van der Waals surface area contributed by atoms with E-state index >= 15 is 0 Å². The summed E-state index contributed by atoms with van der Waals surface area (Å²) in [6.45, 7) is 1.32. The summed E-state index contributed by atoms with van der Waals surface area (Å²) in [6.07, 6.45) is 2.98. The molecule has 4 rings (SSSR count). The Morgan fingerprint density at radius 2 is 1.89 bits per heavy atom. The molecule has 2 amide bonds. The first-order valence-electron chi connectivity index (χ1n) is 9.77. The molecule has 0 radical (unpaired) electrons. The number of nitrogens with one attached hydrogen (secondary N) is 2. The van der Waals surface area contributed by atoms with Crippen LogP contribution in [-0.4, -0.2) is 50.6 Å². The van der Waals surface area contributed by atoms with Crippen LogP contribution in [0.1, 0.15) is 24.8 Å². The van der Waals surface area contributed by atoms with Crippen molar-refractivity contribution in [1.29, 1.82) is 0 Å². The van der Waals surface area contributed by atoms with Crippen LogP contribution in [0.5, 0.6) is 0 Å². The highest BCUT2D eigenvalue weighted by Gasteiger charge is 2.27. The summed E-state index contributed by atoms with van der Waals surface area (Å²) in [6, 6.07) is 15.6. The van der Waals surface area contributed by atoms with Crippen molar-refractivity contribution < 1.29 is 9.90 Å². The molecule has 3 aromatic rings. The maximum atomic E-state index is 12.5. The maximum Gasteiger partial charge on any atom is 0.321 e. The summed E-state index contributed by atoms with van der Waals surface area (Å²) in [5, 5.41) is 24.1. The van der Waals surface area contributed by atoms with Gasteiger partial charge in [0.15, 0.2) is 0 Å². The van der Waals surface area contributed by atoms with E-state index < -0.39 is 0 Å².